The molecule has 0 bridgehead atoms. The Bertz CT molecular complexity index is 469. The maximum Gasteiger partial charge on any atom is 0.203 e. The number of rotatable bonds is 1. The van der Waals surface area contributed by atoms with Crippen LogP contribution in [-0.4, -0.2) is 10.2 Å². The van der Waals surface area contributed by atoms with Crippen LogP contribution < -0.4 is 5.73 Å². The lowest BCUT2D eigenvalue weighted by Gasteiger charge is -1.95. The average Bonchev–Trinajstić information content (AvgIpc) is 2.57. The first kappa shape index (κ1) is 9.01. The topological polar surface area (TPSA) is 51.8 Å². The molecule has 0 aliphatic rings. The third kappa shape index (κ3) is 1.56. The lowest BCUT2D eigenvalue weighted by Crippen LogP contribution is -1.84. The van der Waals surface area contributed by atoms with Crippen LogP contribution in [0.3, 0.4) is 0 Å². The van der Waals surface area contributed by atoms with Crippen LogP contribution in [0.1, 0.15) is 0 Å². The lowest BCUT2D eigenvalue weighted by atomic mass is 10.2. The Morgan fingerprint density at radius 1 is 1.14 bits per heavy atom. The van der Waals surface area contributed by atoms with Crippen LogP contribution in [0.4, 0.5) is 13.9 Å². The molecule has 0 amide bonds. The van der Waals surface area contributed by atoms with Crippen LogP contribution in [0, 0.1) is 11.6 Å². The van der Waals surface area contributed by atoms with Crippen molar-refractivity contribution in [3.63, 3.8) is 0 Å². The van der Waals surface area contributed by atoms with Crippen LogP contribution in [0.15, 0.2) is 18.2 Å². The van der Waals surface area contributed by atoms with Gasteiger partial charge in [0.15, 0.2) is 11.6 Å². The molecule has 0 aliphatic heterocycles. The van der Waals surface area contributed by atoms with Crippen LogP contribution in [0.5, 0.6) is 0 Å². The van der Waals surface area contributed by atoms with Gasteiger partial charge in [-0.2, -0.15) is 0 Å². The van der Waals surface area contributed by atoms with Gasteiger partial charge in [-0.3, -0.25) is 0 Å². The van der Waals surface area contributed by atoms with Crippen molar-refractivity contribution >= 4 is 16.5 Å². The fourth-order valence-corrected chi connectivity index (χ4v) is 1.59. The highest BCUT2D eigenvalue weighted by atomic mass is 32.1. The van der Waals surface area contributed by atoms with E-state index in [1.807, 2.05) is 0 Å². The predicted molar refractivity (Wildman–Crippen MR) is 49.7 cm³/mol. The Balaban J connectivity index is 2.47. The monoisotopic (exact) mass is 213 g/mol. The molecule has 0 unspecified atom stereocenters. The quantitative estimate of drug-likeness (QED) is 0.788. The fourth-order valence-electron chi connectivity index (χ4n) is 0.980. The van der Waals surface area contributed by atoms with E-state index in [9.17, 15) is 8.78 Å². The molecule has 72 valence electrons. The van der Waals surface area contributed by atoms with Gasteiger partial charge in [-0.25, -0.2) is 8.78 Å². The van der Waals surface area contributed by atoms with Gasteiger partial charge in [0.1, 0.15) is 5.01 Å². The van der Waals surface area contributed by atoms with Crippen molar-refractivity contribution in [2.75, 3.05) is 5.73 Å². The van der Waals surface area contributed by atoms with Crippen molar-refractivity contribution in [2.24, 2.45) is 0 Å². The van der Waals surface area contributed by atoms with E-state index in [0.29, 0.717) is 15.7 Å². The molecule has 3 nitrogen and oxygen atoms in total. The van der Waals surface area contributed by atoms with E-state index >= 15 is 0 Å². The summed E-state index contributed by atoms with van der Waals surface area (Å²) >= 11 is 1.12. The minimum atomic E-state index is -0.906. The average molecular weight is 213 g/mol. The number of hydrogen-bond donors (Lipinski definition) is 1. The van der Waals surface area contributed by atoms with Gasteiger partial charge in [-0.05, 0) is 18.2 Å². The SMILES string of the molecule is Nc1nnc(-c2ccc(F)c(F)c2)s1. The van der Waals surface area contributed by atoms with Crippen molar-refractivity contribution in [3.05, 3.63) is 29.8 Å². The summed E-state index contributed by atoms with van der Waals surface area (Å²) in [4.78, 5) is 0. The Hall–Kier alpha value is -1.56. The first-order valence-corrected chi connectivity index (χ1v) is 4.53. The zero-order chi connectivity index (χ0) is 10.1. The molecule has 6 heteroatoms. The summed E-state index contributed by atoms with van der Waals surface area (Å²) in [7, 11) is 0. The number of hydrogen-bond acceptors (Lipinski definition) is 4. The van der Waals surface area contributed by atoms with Gasteiger partial charge in [0, 0.05) is 5.56 Å². The van der Waals surface area contributed by atoms with Gasteiger partial charge < -0.3 is 5.73 Å². The fraction of sp³-hybridized carbons (Fsp3) is 0. The van der Waals surface area contributed by atoms with Gasteiger partial charge in [0.05, 0.1) is 0 Å². The largest absolute Gasteiger partial charge is 0.374 e. The summed E-state index contributed by atoms with van der Waals surface area (Å²) in [6.07, 6.45) is 0. The van der Waals surface area contributed by atoms with Gasteiger partial charge in [0.2, 0.25) is 5.13 Å². The molecule has 1 aromatic carbocycles. The number of anilines is 1. The van der Waals surface area contributed by atoms with E-state index < -0.39 is 11.6 Å². The molecule has 0 saturated heterocycles. The van der Waals surface area contributed by atoms with Crippen LogP contribution >= 0.6 is 11.3 Å². The van der Waals surface area contributed by atoms with Gasteiger partial charge in [-0.1, -0.05) is 11.3 Å². The van der Waals surface area contributed by atoms with Crippen LogP contribution in [0.2, 0.25) is 0 Å². The number of aromatic nitrogens is 2. The summed E-state index contributed by atoms with van der Waals surface area (Å²) in [6, 6.07) is 3.54. The number of nitrogen functional groups attached to an aromatic ring is 1. The molecule has 2 rings (SSSR count). The predicted octanol–water partition coefficient (Wildman–Crippen LogP) is 2.07. The molecule has 0 radical (unpaired) electrons. The van der Waals surface area contributed by atoms with E-state index in [-0.39, 0.29) is 0 Å². The van der Waals surface area contributed by atoms with E-state index in [1.54, 1.807) is 0 Å². The van der Waals surface area contributed by atoms with E-state index in [2.05, 4.69) is 10.2 Å². The molecule has 0 fully saturated rings. The van der Waals surface area contributed by atoms with Crippen LogP contribution in [-0.2, 0) is 0 Å². The molecular formula is C8H5F2N3S. The summed E-state index contributed by atoms with van der Waals surface area (Å²) in [6.45, 7) is 0. The van der Waals surface area contributed by atoms with E-state index in [4.69, 9.17) is 5.73 Å². The maximum atomic E-state index is 12.8. The Kier molecular flexibility index (Phi) is 2.12. The van der Waals surface area contributed by atoms with E-state index in [0.717, 1.165) is 23.5 Å². The third-order valence-corrected chi connectivity index (χ3v) is 2.41. The normalized spacial score (nSPS) is 10.4. The smallest absolute Gasteiger partial charge is 0.203 e. The molecule has 1 aromatic heterocycles. The summed E-state index contributed by atoms with van der Waals surface area (Å²) in [5.74, 6) is -1.79. The molecule has 0 spiro atoms. The molecule has 14 heavy (non-hydrogen) atoms. The summed E-state index contributed by atoms with van der Waals surface area (Å²) < 4.78 is 25.4. The molecule has 1 heterocycles. The highest BCUT2D eigenvalue weighted by Gasteiger charge is 2.07. The summed E-state index contributed by atoms with van der Waals surface area (Å²) in [5, 5.41) is 8.06. The second-order valence-electron chi connectivity index (χ2n) is 2.57. The van der Waals surface area contributed by atoms with Gasteiger partial charge in [0.25, 0.3) is 0 Å². The summed E-state index contributed by atoms with van der Waals surface area (Å²) in [5.41, 5.74) is 5.83. The van der Waals surface area contributed by atoms with Crippen LogP contribution in [0.25, 0.3) is 10.6 Å². The number of nitrogens with zero attached hydrogens (tertiary/aromatic N) is 2. The highest BCUT2D eigenvalue weighted by Crippen LogP contribution is 2.25. The standard InChI is InChI=1S/C8H5F2N3S/c9-5-2-1-4(3-6(5)10)7-12-13-8(11)14-7/h1-3H,(H2,11,13). The van der Waals surface area contributed by atoms with Gasteiger partial charge in [-0.15, -0.1) is 10.2 Å². The van der Waals surface area contributed by atoms with Crippen molar-refractivity contribution in [1.29, 1.82) is 0 Å². The van der Waals surface area contributed by atoms with Gasteiger partial charge >= 0.3 is 0 Å². The first-order valence-electron chi connectivity index (χ1n) is 3.71. The molecule has 0 aliphatic carbocycles. The van der Waals surface area contributed by atoms with Crippen molar-refractivity contribution < 1.29 is 8.78 Å². The van der Waals surface area contributed by atoms with Crippen molar-refractivity contribution in [1.82, 2.24) is 10.2 Å². The Morgan fingerprint density at radius 3 is 2.50 bits per heavy atom. The third-order valence-electron chi connectivity index (χ3n) is 1.61. The minimum absolute atomic E-state index is 0.296. The molecule has 2 aromatic rings. The molecular weight excluding hydrogens is 208 g/mol. The second-order valence-corrected chi connectivity index (χ2v) is 3.58. The Morgan fingerprint density at radius 2 is 1.93 bits per heavy atom. The van der Waals surface area contributed by atoms with Crippen molar-refractivity contribution in [2.45, 2.75) is 0 Å². The molecule has 2 N–H and O–H groups in total. The Labute approximate surface area is 82.2 Å². The first-order chi connectivity index (χ1) is 6.66. The minimum Gasteiger partial charge on any atom is -0.374 e. The zero-order valence-corrected chi connectivity index (χ0v) is 7.68. The molecule has 0 atom stereocenters. The zero-order valence-electron chi connectivity index (χ0n) is 6.87. The number of halogens is 2. The second kappa shape index (κ2) is 3.30. The number of benzene rings is 1. The van der Waals surface area contributed by atoms with Crippen molar-refractivity contribution in [3.8, 4) is 10.6 Å². The van der Waals surface area contributed by atoms with E-state index in [1.165, 1.54) is 6.07 Å². The lowest BCUT2D eigenvalue weighted by molar-refractivity contribution is 0.509. The number of nitrogens with two attached hydrogens (primary N) is 1. The highest BCUT2D eigenvalue weighted by molar-refractivity contribution is 7.18. The molecule has 0 saturated carbocycles. The maximum absolute atomic E-state index is 12.8.